The van der Waals surface area contributed by atoms with Gasteiger partial charge in [-0.25, -0.2) is 0 Å². The maximum Gasteiger partial charge on any atom is 0.254 e. The number of nitrogens with zero attached hydrogens (tertiary/aromatic N) is 1. The van der Waals surface area contributed by atoms with E-state index in [9.17, 15) is 9.90 Å². The molecule has 0 aromatic heterocycles. The Morgan fingerprint density at radius 3 is 2.94 bits per heavy atom. The number of rotatable bonds is 1. The standard InChI is InChI=1S/C13H18N2O2/c1-9-7-11(16)4-5-12(9)13(17)15-6-2-3-10(14)8-15/h4-5,7,10,16H,2-3,6,8,14H2,1H3/t10-/m1/s1. The molecule has 4 heteroatoms. The second-order valence-electron chi connectivity index (χ2n) is 4.65. The van der Waals surface area contributed by atoms with E-state index in [0.717, 1.165) is 24.9 Å². The number of piperidine rings is 1. The van der Waals surface area contributed by atoms with Gasteiger partial charge in [0.25, 0.3) is 5.91 Å². The summed E-state index contributed by atoms with van der Waals surface area (Å²) in [4.78, 5) is 14.1. The van der Waals surface area contributed by atoms with E-state index in [0.29, 0.717) is 12.1 Å². The number of likely N-dealkylation sites (tertiary alicyclic amines) is 1. The predicted octanol–water partition coefficient (Wildman–Crippen LogP) is 1.26. The predicted molar refractivity (Wildman–Crippen MR) is 66.0 cm³/mol. The fourth-order valence-electron chi connectivity index (χ4n) is 2.25. The highest BCUT2D eigenvalue weighted by molar-refractivity contribution is 5.95. The molecule has 1 heterocycles. The van der Waals surface area contributed by atoms with Crippen LogP contribution in [0.4, 0.5) is 0 Å². The van der Waals surface area contributed by atoms with E-state index in [1.165, 1.54) is 0 Å². The minimum Gasteiger partial charge on any atom is -0.508 e. The summed E-state index contributed by atoms with van der Waals surface area (Å²) < 4.78 is 0. The number of carbonyl (C=O) groups is 1. The Bertz CT molecular complexity index is 431. The Hall–Kier alpha value is -1.55. The minimum absolute atomic E-state index is 0.0117. The van der Waals surface area contributed by atoms with Crippen LogP contribution in [0.25, 0.3) is 0 Å². The van der Waals surface area contributed by atoms with Gasteiger partial charge in [-0.15, -0.1) is 0 Å². The Labute approximate surface area is 101 Å². The molecule has 1 aromatic carbocycles. The second kappa shape index (κ2) is 4.75. The number of hydrogen-bond donors (Lipinski definition) is 2. The highest BCUT2D eigenvalue weighted by Crippen LogP contribution is 2.19. The van der Waals surface area contributed by atoms with E-state index in [4.69, 9.17) is 5.73 Å². The van der Waals surface area contributed by atoms with Gasteiger partial charge in [-0.2, -0.15) is 0 Å². The lowest BCUT2D eigenvalue weighted by Crippen LogP contribution is -2.45. The zero-order valence-electron chi connectivity index (χ0n) is 10.0. The number of carbonyl (C=O) groups excluding carboxylic acids is 1. The van der Waals surface area contributed by atoms with Crippen molar-refractivity contribution < 1.29 is 9.90 Å². The zero-order valence-corrected chi connectivity index (χ0v) is 10.0. The summed E-state index contributed by atoms with van der Waals surface area (Å²) in [6.45, 7) is 3.23. The van der Waals surface area contributed by atoms with Crippen molar-refractivity contribution >= 4 is 5.91 Å². The van der Waals surface area contributed by atoms with Crippen molar-refractivity contribution in [2.75, 3.05) is 13.1 Å². The molecule has 1 amide bonds. The first-order chi connectivity index (χ1) is 8.08. The van der Waals surface area contributed by atoms with Gasteiger partial charge in [0.2, 0.25) is 0 Å². The van der Waals surface area contributed by atoms with Crippen LogP contribution in [0.1, 0.15) is 28.8 Å². The molecule has 0 unspecified atom stereocenters. The summed E-state index contributed by atoms with van der Waals surface area (Å²) in [5.74, 6) is 0.201. The number of benzene rings is 1. The van der Waals surface area contributed by atoms with Crippen molar-refractivity contribution in [3.05, 3.63) is 29.3 Å². The van der Waals surface area contributed by atoms with Gasteiger partial charge in [0.1, 0.15) is 5.75 Å². The molecule has 1 atom stereocenters. The normalized spacial score (nSPS) is 20.4. The average molecular weight is 234 g/mol. The van der Waals surface area contributed by atoms with Crippen LogP contribution in [0.15, 0.2) is 18.2 Å². The second-order valence-corrected chi connectivity index (χ2v) is 4.65. The van der Waals surface area contributed by atoms with Crippen LogP contribution >= 0.6 is 0 Å². The maximum atomic E-state index is 12.3. The highest BCUT2D eigenvalue weighted by Gasteiger charge is 2.23. The highest BCUT2D eigenvalue weighted by atomic mass is 16.3. The van der Waals surface area contributed by atoms with Crippen LogP contribution in [0.5, 0.6) is 5.75 Å². The van der Waals surface area contributed by atoms with Gasteiger partial charge in [-0.3, -0.25) is 4.79 Å². The minimum atomic E-state index is 0.0117. The van der Waals surface area contributed by atoms with Gasteiger partial charge in [-0.1, -0.05) is 0 Å². The van der Waals surface area contributed by atoms with Crippen molar-refractivity contribution in [2.24, 2.45) is 5.73 Å². The third kappa shape index (κ3) is 2.58. The molecular formula is C13H18N2O2. The van der Waals surface area contributed by atoms with Crippen molar-refractivity contribution in [2.45, 2.75) is 25.8 Å². The van der Waals surface area contributed by atoms with Crippen LogP contribution in [0.2, 0.25) is 0 Å². The molecule has 1 aromatic rings. The Balaban J connectivity index is 2.18. The van der Waals surface area contributed by atoms with Crippen molar-refractivity contribution in [3.63, 3.8) is 0 Å². The molecule has 3 N–H and O–H groups in total. The quantitative estimate of drug-likeness (QED) is 0.769. The molecule has 0 saturated carbocycles. The van der Waals surface area contributed by atoms with Crippen molar-refractivity contribution in [1.29, 1.82) is 0 Å². The smallest absolute Gasteiger partial charge is 0.254 e. The van der Waals surface area contributed by atoms with Gasteiger partial charge >= 0.3 is 0 Å². The molecule has 0 radical (unpaired) electrons. The van der Waals surface area contributed by atoms with Crippen LogP contribution in [0.3, 0.4) is 0 Å². The number of amides is 1. The molecule has 4 nitrogen and oxygen atoms in total. The lowest BCUT2D eigenvalue weighted by molar-refractivity contribution is 0.0708. The summed E-state index contributed by atoms with van der Waals surface area (Å²) in [7, 11) is 0. The van der Waals surface area contributed by atoms with Gasteiger partial charge in [0, 0.05) is 24.7 Å². The summed E-state index contributed by atoms with van der Waals surface area (Å²) in [5.41, 5.74) is 7.32. The summed E-state index contributed by atoms with van der Waals surface area (Å²) in [6.07, 6.45) is 1.95. The van der Waals surface area contributed by atoms with E-state index < -0.39 is 0 Å². The monoisotopic (exact) mass is 234 g/mol. The molecule has 0 aliphatic carbocycles. The Kier molecular flexibility index (Phi) is 3.33. The molecule has 0 spiro atoms. The molecule has 92 valence electrons. The number of aryl methyl sites for hydroxylation is 1. The van der Waals surface area contributed by atoms with Gasteiger partial charge < -0.3 is 15.7 Å². The number of nitrogens with two attached hydrogens (primary N) is 1. The van der Waals surface area contributed by atoms with E-state index >= 15 is 0 Å². The lowest BCUT2D eigenvalue weighted by atomic mass is 10.0. The molecule has 1 aliphatic heterocycles. The van der Waals surface area contributed by atoms with Crippen molar-refractivity contribution in [3.8, 4) is 5.75 Å². The number of hydrogen-bond acceptors (Lipinski definition) is 3. The molecule has 17 heavy (non-hydrogen) atoms. The number of phenolic OH excluding ortho intramolecular Hbond substituents is 1. The van der Waals surface area contributed by atoms with E-state index in [2.05, 4.69) is 0 Å². The van der Waals surface area contributed by atoms with Crippen LogP contribution in [0, 0.1) is 6.92 Å². The molecule has 1 saturated heterocycles. The van der Waals surface area contributed by atoms with Crippen molar-refractivity contribution in [1.82, 2.24) is 4.90 Å². The third-order valence-corrected chi connectivity index (χ3v) is 3.19. The lowest BCUT2D eigenvalue weighted by Gasteiger charge is -2.31. The summed E-state index contributed by atoms with van der Waals surface area (Å²) in [6, 6.07) is 4.92. The van der Waals surface area contributed by atoms with Crippen LogP contribution < -0.4 is 5.73 Å². The first kappa shape index (κ1) is 11.9. The van der Waals surface area contributed by atoms with Crippen LogP contribution in [-0.2, 0) is 0 Å². The molecular weight excluding hydrogens is 216 g/mol. The fourth-order valence-corrected chi connectivity index (χ4v) is 2.25. The van der Waals surface area contributed by atoms with Gasteiger partial charge in [0.15, 0.2) is 0 Å². The van der Waals surface area contributed by atoms with Crippen LogP contribution in [-0.4, -0.2) is 35.0 Å². The van der Waals surface area contributed by atoms with Gasteiger partial charge in [-0.05, 0) is 43.5 Å². The largest absolute Gasteiger partial charge is 0.508 e. The van der Waals surface area contributed by atoms with Gasteiger partial charge in [0.05, 0.1) is 0 Å². The summed E-state index contributed by atoms with van der Waals surface area (Å²) in [5, 5.41) is 9.33. The van der Waals surface area contributed by atoms with E-state index in [1.807, 2.05) is 6.92 Å². The van der Waals surface area contributed by atoms with E-state index in [-0.39, 0.29) is 17.7 Å². The average Bonchev–Trinajstić information content (AvgIpc) is 2.28. The molecule has 2 rings (SSSR count). The number of aromatic hydroxyl groups is 1. The first-order valence-corrected chi connectivity index (χ1v) is 5.92. The molecule has 0 bridgehead atoms. The SMILES string of the molecule is Cc1cc(O)ccc1C(=O)N1CCC[C@@H](N)C1. The topological polar surface area (TPSA) is 66.6 Å². The molecule has 1 aliphatic rings. The first-order valence-electron chi connectivity index (χ1n) is 5.92. The maximum absolute atomic E-state index is 12.3. The zero-order chi connectivity index (χ0) is 12.4. The van der Waals surface area contributed by atoms with E-state index in [1.54, 1.807) is 23.1 Å². The molecule has 1 fully saturated rings. The Morgan fingerprint density at radius 2 is 2.29 bits per heavy atom. The number of phenols is 1. The fraction of sp³-hybridized carbons (Fsp3) is 0.462. The third-order valence-electron chi connectivity index (χ3n) is 3.19. The Morgan fingerprint density at radius 1 is 1.53 bits per heavy atom. The summed E-state index contributed by atoms with van der Waals surface area (Å²) >= 11 is 0.